The molecular formula is C13H14N2O4S. The van der Waals surface area contributed by atoms with Gasteiger partial charge >= 0.3 is 5.97 Å². The summed E-state index contributed by atoms with van der Waals surface area (Å²) in [5.41, 5.74) is 0.991. The lowest BCUT2D eigenvalue weighted by molar-refractivity contribution is -0.140. The molecule has 0 aromatic carbocycles. The molecule has 0 radical (unpaired) electrons. The van der Waals surface area contributed by atoms with Crippen LogP contribution in [0.3, 0.4) is 0 Å². The van der Waals surface area contributed by atoms with Crippen LogP contribution in [0, 0.1) is 5.92 Å². The van der Waals surface area contributed by atoms with Crippen molar-refractivity contribution in [1.29, 1.82) is 0 Å². The van der Waals surface area contributed by atoms with Crippen LogP contribution in [0.2, 0.25) is 0 Å². The Balaban J connectivity index is 2.12. The zero-order valence-electron chi connectivity index (χ0n) is 11.0. The molecule has 1 atom stereocenters. The molecule has 0 aliphatic rings. The lowest BCUT2D eigenvalue weighted by Gasteiger charge is -2.16. The summed E-state index contributed by atoms with van der Waals surface area (Å²) >= 11 is 1.30. The second kappa shape index (κ2) is 5.87. The van der Waals surface area contributed by atoms with Crippen molar-refractivity contribution >= 4 is 23.2 Å². The first-order valence-electron chi connectivity index (χ1n) is 6.01. The average molecular weight is 294 g/mol. The van der Waals surface area contributed by atoms with E-state index in [1.807, 2.05) is 0 Å². The third-order valence-electron chi connectivity index (χ3n) is 2.72. The van der Waals surface area contributed by atoms with Crippen molar-refractivity contribution in [3.63, 3.8) is 0 Å². The summed E-state index contributed by atoms with van der Waals surface area (Å²) in [7, 11) is 0. The second-order valence-corrected chi connectivity index (χ2v) is 5.44. The number of furan rings is 1. The SMILES string of the molecule is CC(C)C(NC(=O)c1csc(-c2ccoc2)n1)C(=O)O. The minimum Gasteiger partial charge on any atom is -0.480 e. The summed E-state index contributed by atoms with van der Waals surface area (Å²) in [5.74, 6) is -1.75. The fourth-order valence-electron chi connectivity index (χ4n) is 1.63. The number of nitrogens with one attached hydrogen (secondary N) is 1. The third kappa shape index (κ3) is 3.05. The van der Waals surface area contributed by atoms with Gasteiger partial charge in [0.05, 0.1) is 6.26 Å². The molecule has 0 spiro atoms. The number of thiazole rings is 1. The van der Waals surface area contributed by atoms with E-state index < -0.39 is 17.9 Å². The molecule has 1 amide bonds. The molecule has 7 heteroatoms. The van der Waals surface area contributed by atoms with Crippen LogP contribution in [0.25, 0.3) is 10.6 Å². The topological polar surface area (TPSA) is 92.4 Å². The van der Waals surface area contributed by atoms with Gasteiger partial charge < -0.3 is 14.8 Å². The summed E-state index contributed by atoms with van der Waals surface area (Å²) in [6.07, 6.45) is 3.06. The Bertz CT molecular complexity index is 604. The summed E-state index contributed by atoms with van der Waals surface area (Å²) in [4.78, 5) is 27.2. The summed E-state index contributed by atoms with van der Waals surface area (Å²) < 4.78 is 4.95. The van der Waals surface area contributed by atoms with Gasteiger partial charge in [0.2, 0.25) is 0 Å². The highest BCUT2D eigenvalue weighted by atomic mass is 32.1. The van der Waals surface area contributed by atoms with Crippen LogP contribution >= 0.6 is 11.3 Å². The van der Waals surface area contributed by atoms with Crippen LogP contribution in [-0.2, 0) is 4.79 Å². The number of hydrogen-bond acceptors (Lipinski definition) is 5. The van der Waals surface area contributed by atoms with Crippen LogP contribution in [0.15, 0.2) is 28.4 Å². The van der Waals surface area contributed by atoms with Crippen LogP contribution in [0.1, 0.15) is 24.3 Å². The van der Waals surface area contributed by atoms with Crippen LogP contribution in [0.5, 0.6) is 0 Å². The molecule has 0 bridgehead atoms. The first-order valence-corrected chi connectivity index (χ1v) is 6.88. The fourth-order valence-corrected chi connectivity index (χ4v) is 2.41. The molecule has 0 saturated heterocycles. The van der Waals surface area contributed by atoms with Gasteiger partial charge in [-0.1, -0.05) is 13.8 Å². The lowest BCUT2D eigenvalue weighted by Crippen LogP contribution is -2.44. The van der Waals surface area contributed by atoms with E-state index in [0.717, 1.165) is 5.56 Å². The summed E-state index contributed by atoms with van der Waals surface area (Å²) in [6, 6.07) is 0.816. The highest BCUT2D eigenvalue weighted by Gasteiger charge is 2.25. The minimum absolute atomic E-state index is 0.205. The van der Waals surface area contributed by atoms with Crippen LogP contribution in [0.4, 0.5) is 0 Å². The predicted molar refractivity (Wildman–Crippen MR) is 73.5 cm³/mol. The Morgan fingerprint density at radius 2 is 2.20 bits per heavy atom. The van der Waals surface area contributed by atoms with Gasteiger partial charge in [0.15, 0.2) is 0 Å². The molecule has 20 heavy (non-hydrogen) atoms. The van der Waals surface area contributed by atoms with Gasteiger partial charge in [-0.05, 0) is 12.0 Å². The predicted octanol–water partition coefficient (Wildman–Crippen LogP) is 2.24. The van der Waals surface area contributed by atoms with E-state index in [1.54, 1.807) is 25.3 Å². The molecule has 0 aliphatic carbocycles. The quantitative estimate of drug-likeness (QED) is 0.882. The summed E-state index contributed by atoms with van der Waals surface area (Å²) in [5, 5.41) is 13.8. The maximum atomic E-state index is 12.0. The Hall–Kier alpha value is -2.15. The number of rotatable bonds is 5. The Labute approximate surface area is 119 Å². The standard InChI is InChI=1S/C13H14N2O4S/c1-7(2)10(13(17)18)15-11(16)9-6-20-12(14-9)8-3-4-19-5-8/h3-7,10H,1-2H3,(H,15,16)(H,17,18). The van der Waals surface area contributed by atoms with Gasteiger partial charge in [-0.2, -0.15) is 0 Å². The first kappa shape index (κ1) is 14.3. The molecule has 2 rings (SSSR count). The van der Waals surface area contributed by atoms with Crippen molar-refractivity contribution in [2.75, 3.05) is 0 Å². The molecule has 6 nitrogen and oxygen atoms in total. The van der Waals surface area contributed by atoms with Gasteiger partial charge in [-0.25, -0.2) is 9.78 Å². The molecule has 106 valence electrons. The van der Waals surface area contributed by atoms with Gasteiger partial charge in [0.25, 0.3) is 5.91 Å². The number of amides is 1. The molecule has 2 heterocycles. The second-order valence-electron chi connectivity index (χ2n) is 4.58. The van der Waals surface area contributed by atoms with E-state index >= 15 is 0 Å². The Morgan fingerprint density at radius 1 is 1.45 bits per heavy atom. The number of carbonyl (C=O) groups is 2. The smallest absolute Gasteiger partial charge is 0.326 e. The van der Waals surface area contributed by atoms with E-state index in [4.69, 9.17) is 9.52 Å². The van der Waals surface area contributed by atoms with Crippen molar-refractivity contribution in [3.8, 4) is 10.6 Å². The van der Waals surface area contributed by atoms with Crippen molar-refractivity contribution < 1.29 is 19.1 Å². The Kier molecular flexibility index (Phi) is 4.19. The van der Waals surface area contributed by atoms with Crippen molar-refractivity contribution in [1.82, 2.24) is 10.3 Å². The normalized spacial score (nSPS) is 12.3. The van der Waals surface area contributed by atoms with Crippen LogP contribution < -0.4 is 5.32 Å². The molecule has 0 fully saturated rings. The number of aromatic nitrogens is 1. The van der Waals surface area contributed by atoms with E-state index in [0.29, 0.717) is 5.01 Å². The lowest BCUT2D eigenvalue weighted by atomic mass is 10.0. The molecular weight excluding hydrogens is 280 g/mol. The number of carbonyl (C=O) groups excluding carboxylic acids is 1. The van der Waals surface area contributed by atoms with Crippen molar-refractivity contribution in [2.45, 2.75) is 19.9 Å². The fraction of sp³-hybridized carbons (Fsp3) is 0.308. The van der Waals surface area contributed by atoms with E-state index in [1.165, 1.54) is 23.9 Å². The van der Waals surface area contributed by atoms with Gasteiger partial charge in [-0.15, -0.1) is 11.3 Å². The van der Waals surface area contributed by atoms with E-state index in [2.05, 4.69) is 10.3 Å². The molecule has 2 aromatic heterocycles. The van der Waals surface area contributed by atoms with E-state index in [-0.39, 0.29) is 11.6 Å². The maximum absolute atomic E-state index is 12.0. The number of aliphatic carboxylic acids is 1. The largest absolute Gasteiger partial charge is 0.480 e. The number of carboxylic acid groups (broad SMARTS) is 1. The monoisotopic (exact) mass is 294 g/mol. The zero-order chi connectivity index (χ0) is 14.7. The number of nitrogens with zero attached hydrogens (tertiary/aromatic N) is 1. The summed E-state index contributed by atoms with van der Waals surface area (Å²) in [6.45, 7) is 3.47. The van der Waals surface area contributed by atoms with E-state index in [9.17, 15) is 9.59 Å². The van der Waals surface area contributed by atoms with Crippen molar-refractivity contribution in [2.24, 2.45) is 5.92 Å². The molecule has 2 aromatic rings. The van der Waals surface area contributed by atoms with Crippen LogP contribution in [-0.4, -0.2) is 28.0 Å². The van der Waals surface area contributed by atoms with Gasteiger partial charge in [-0.3, -0.25) is 4.79 Å². The minimum atomic E-state index is -1.06. The highest BCUT2D eigenvalue weighted by molar-refractivity contribution is 7.13. The Morgan fingerprint density at radius 3 is 2.75 bits per heavy atom. The molecule has 0 aliphatic heterocycles. The highest BCUT2D eigenvalue weighted by Crippen LogP contribution is 2.23. The average Bonchev–Trinajstić information content (AvgIpc) is 3.04. The van der Waals surface area contributed by atoms with Crippen molar-refractivity contribution in [3.05, 3.63) is 29.7 Å². The van der Waals surface area contributed by atoms with Gasteiger partial charge in [0.1, 0.15) is 23.0 Å². The maximum Gasteiger partial charge on any atom is 0.326 e. The molecule has 2 N–H and O–H groups in total. The first-order chi connectivity index (χ1) is 9.49. The number of hydrogen-bond donors (Lipinski definition) is 2. The van der Waals surface area contributed by atoms with Gasteiger partial charge in [0, 0.05) is 10.9 Å². The number of carboxylic acids is 1. The zero-order valence-corrected chi connectivity index (χ0v) is 11.8. The molecule has 0 saturated carbocycles. The third-order valence-corrected chi connectivity index (χ3v) is 3.62. The molecule has 1 unspecified atom stereocenters.